The van der Waals surface area contributed by atoms with Gasteiger partial charge in [-0.3, -0.25) is 0 Å². The molecule has 0 spiro atoms. The molecule has 0 fully saturated rings. The van der Waals surface area contributed by atoms with E-state index in [-0.39, 0.29) is 0 Å². The van der Waals surface area contributed by atoms with Gasteiger partial charge in [0, 0.05) is 11.1 Å². The van der Waals surface area contributed by atoms with Crippen molar-refractivity contribution in [3.63, 3.8) is 0 Å². The third-order valence-corrected chi connectivity index (χ3v) is 4.85. The maximum absolute atomic E-state index is 4.17. The molecule has 25 heavy (non-hydrogen) atoms. The van der Waals surface area contributed by atoms with Gasteiger partial charge in [0.1, 0.15) is 0 Å². The zero-order valence-corrected chi connectivity index (χ0v) is 13.7. The molecule has 1 heterocycles. The molecule has 0 saturated heterocycles. The van der Waals surface area contributed by atoms with Gasteiger partial charge in [0.15, 0.2) is 5.82 Å². The average Bonchev–Trinajstić information content (AvgIpc) is 3.30. The Kier molecular flexibility index (Phi) is 3.23. The van der Waals surface area contributed by atoms with Gasteiger partial charge in [-0.15, -0.1) is 5.10 Å². The van der Waals surface area contributed by atoms with Crippen molar-refractivity contribution in [2.75, 3.05) is 5.32 Å². The molecule has 0 bridgehead atoms. The molecule has 1 N–H and O–H groups in total. The summed E-state index contributed by atoms with van der Waals surface area (Å²) in [5.74, 6) is 0.787. The maximum atomic E-state index is 4.17. The van der Waals surface area contributed by atoms with E-state index in [0.717, 1.165) is 30.0 Å². The first-order valence-electron chi connectivity index (χ1n) is 8.50. The van der Waals surface area contributed by atoms with Crippen LogP contribution in [0.2, 0.25) is 0 Å². The highest BCUT2D eigenvalue weighted by molar-refractivity contribution is 5.99. The Morgan fingerprint density at radius 1 is 0.880 bits per heavy atom. The number of hydrogen-bond acceptors (Lipinski definition) is 4. The molecule has 0 saturated carbocycles. The lowest BCUT2D eigenvalue weighted by Crippen LogP contribution is -2.08. The number of hydrogen-bond donors (Lipinski definition) is 1. The second kappa shape index (κ2) is 5.70. The third-order valence-electron chi connectivity index (χ3n) is 4.85. The van der Waals surface area contributed by atoms with Gasteiger partial charge in [-0.1, -0.05) is 42.5 Å². The molecule has 5 rings (SSSR count). The van der Waals surface area contributed by atoms with Crippen molar-refractivity contribution >= 4 is 16.5 Å². The summed E-state index contributed by atoms with van der Waals surface area (Å²) in [6.45, 7) is 0.570. The molecule has 0 radical (unpaired) electrons. The fourth-order valence-corrected chi connectivity index (χ4v) is 3.66. The normalized spacial score (nSPS) is 12.6. The predicted molar refractivity (Wildman–Crippen MR) is 97.8 cm³/mol. The fraction of sp³-hybridized carbons (Fsp3) is 0.150. The van der Waals surface area contributed by atoms with E-state index in [9.17, 15) is 0 Å². The Hall–Kier alpha value is -3.21. The van der Waals surface area contributed by atoms with Crippen LogP contribution < -0.4 is 5.32 Å². The molecule has 5 nitrogen and oxygen atoms in total. The number of nitrogens with zero attached hydrogens (tertiary/aromatic N) is 4. The Balaban J connectivity index is 1.47. The molecule has 0 amide bonds. The molecule has 1 aliphatic carbocycles. The second-order valence-electron chi connectivity index (χ2n) is 6.31. The zero-order chi connectivity index (χ0) is 16.6. The van der Waals surface area contributed by atoms with Gasteiger partial charge < -0.3 is 5.32 Å². The summed E-state index contributed by atoms with van der Waals surface area (Å²) >= 11 is 0. The Morgan fingerprint density at radius 2 is 1.72 bits per heavy atom. The van der Waals surface area contributed by atoms with Crippen LogP contribution in [0.3, 0.4) is 0 Å². The Bertz CT molecular complexity index is 1040. The Morgan fingerprint density at radius 3 is 2.60 bits per heavy atom. The maximum Gasteiger partial charge on any atom is 0.175 e. The van der Waals surface area contributed by atoms with Crippen molar-refractivity contribution in [1.29, 1.82) is 0 Å². The van der Waals surface area contributed by atoms with E-state index in [1.807, 2.05) is 30.3 Å². The van der Waals surface area contributed by atoms with Crippen LogP contribution >= 0.6 is 0 Å². The molecule has 0 unspecified atom stereocenters. The van der Waals surface area contributed by atoms with Gasteiger partial charge in [0.05, 0.1) is 12.2 Å². The number of para-hydroxylation sites is 1. The van der Waals surface area contributed by atoms with Crippen LogP contribution in [-0.4, -0.2) is 20.2 Å². The quantitative estimate of drug-likeness (QED) is 0.623. The molecule has 3 aromatic carbocycles. The van der Waals surface area contributed by atoms with Crippen LogP contribution in [-0.2, 0) is 19.4 Å². The van der Waals surface area contributed by atoms with Crippen LogP contribution in [0.15, 0.2) is 60.7 Å². The first-order chi connectivity index (χ1) is 12.4. The van der Waals surface area contributed by atoms with Crippen molar-refractivity contribution in [1.82, 2.24) is 20.2 Å². The molecular formula is C20H17N5. The summed E-state index contributed by atoms with van der Waals surface area (Å²) in [6.07, 6.45) is 2.28. The topological polar surface area (TPSA) is 55.6 Å². The van der Waals surface area contributed by atoms with E-state index in [2.05, 4.69) is 51.2 Å². The van der Waals surface area contributed by atoms with Crippen LogP contribution in [0, 0.1) is 0 Å². The minimum atomic E-state index is 0.570. The summed E-state index contributed by atoms with van der Waals surface area (Å²) in [4.78, 5) is 0. The van der Waals surface area contributed by atoms with E-state index in [4.69, 9.17) is 0 Å². The number of rotatable bonds is 4. The van der Waals surface area contributed by atoms with Gasteiger partial charge >= 0.3 is 0 Å². The number of aromatic nitrogens is 4. The zero-order valence-electron chi connectivity index (χ0n) is 13.7. The third kappa shape index (κ3) is 2.36. The smallest absolute Gasteiger partial charge is 0.175 e. The van der Waals surface area contributed by atoms with Crippen molar-refractivity contribution in [2.24, 2.45) is 0 Å². The van der Waals surface area contributed by atoms with Gasteiger partial charge in [0.2, 0.25) is 0 Å². The lowest BCUT2D eigenvalue weighted by molar-refractivity contribution is 0.768. The van der Waals surface area contributed by atoms with Crippen LogP contribution in [0.25, 0.3) is 16.5 Å². The number of tetrazole rings is 1. The van der Waals surface area contributed by atoms with Crippen LogP contribution in [0.5, 0.6) is 0 Å². The highest BCUT2D eigenvalue weighted by Gasteiger charge is 2.16. The van der Waals surface area contributed by atoms with Crippen LogP contribution in [0.4, 0.5) is 5.69 Å². The van der Waals surface area contributed by atoms with Gasteiger partial charge in [0.25, 0.3) is 0 Å². The van der Waals surface area contributed by atoms with E-state index >= 15 is 0 Å². The second-order valence-corrected chi connectivity index (χ2v) is 6.31. The first-order valence-corrected chi connectivity index (χ1v) is 8.50. The largest absolute Gasteiger partial charge is 0.377 e. The minimum Gasteiger partial charge on any atom is -0.377 e. The number of anilines is 1. The van der Waals surface area contributed by atoms with E-state index in [1.54, 1.807) is 4.68 Å². The van der Waals surface area contributed by atoms with E-state index in [0.29, 0.717) is 6.54 Å². The average molecular weight is 327 g/mol. The molecule has 5 heteroatoms. The predicted octanol–water partition coefficient (Wildman–Crippen LogP) is 3.53. The molecule has 1 aromatic heterocycles. The summed E-state index contributed by atoms with van der Waals surface area (Å²) in [5.41, 5.74) is 4.99. The summed E-state index contributed by atoms with van der Waals surface area (Å²) in [7, 11) is 0. The number of nitrogens with one attached hydrogen (secondary N) is 1. The van der Waals surface area contributed by atoms with Gasteiger partial charge in [-0.25, -0.2) is 0 Å². The van der Waals surface area contributed by atoms with Gasteiger partial charge in [-0.2, -0.15) is 4.68 Å². The summed E-state index contributed by atoms with van der Waals surface area (Å²) in [6, 6.07) is 20.9. The highest BCUT2D eigenvalue weighted by atomic mass is 15.5. The van der Waals surface area contributed by atoms with E-state index in [1.165, 1.54) is 21.9 Å². The van der Waals surface area contributed by atoms with Crippen molar-refractivity contribution < 1.29 is 0 Å². The van der Waals surface area contributed by atoms with E-state index < -0.39 is 0 Å². The fourth-order valence-electron chi connectivity index (χ4n) is 3.66. The molecule has 4 aromatic rings. The first kappa shape index (κ1) is 14.2. The minimum absolute atomic E-state index is 0.570. The lowest BCUT2D eigenvalue weighted by atomic mass is 10.0. The molecule has 122 valence electrons. The summed E-state index contributed by atoms with van der Waals surface area (Å²) in [5, 5.41) is 18.3. The Labute approximate surface area is 145 Å². The van der Waals surface area contributed by atoms with Gasteiger partial charge in [-0.05, 0) is 58.0 Å². The number of aryl methyl sites for hydroxylation is 2. The molecule has 1 aliphatic rings. The number of benzene rings is 3. The standard InChI is InChI=1S/C20H17N5/c1-2-6-16(7-3-1)25-19(22-23-24-25)13-21-18-12-11-15-10-9-14-5-4-8-17(18)20(14)15/h1-8,11-12,21H,9-10,13H2. The molecule has 0 aliphatic heterocycles. The molecule has 0 atom stereocenters. The van der Waals surface area contributed by atoms with Crippen molar-refractivity contribution in [3.05, 3.63) is 77.6 Å². The van der Waals surface area contributed by atoms with Crippen molar-refractivity contribution in [2.45, 2.75) is 19.4 Å². The lowest BCUT2D eigenvalue weighted by Gasteiger charge is -2.11. The highest BCUT2D eigenvalue weighted by Crippen LogP contribution is 2.35. The molecular weight excluding hydrogens is 310 g/mol. The SMILES string of the molecule is c1ccc(-n2nnnc2CNc2ccc3c4c(cccc24)CC3)cc1. The monoisotopic (exact) mass is 327 g/mol. The van der Waals surface area contributed by atoms with Crippen LogP contribution in [0.1, 0.15) is 17.0 Å². The summed E-state index contributed by atoms with van der Waals surface area (Å²) < 4.78 is 1.77. The van der Waals surface area contributed by atoms with Crippen molar-refractivity contribution in [3.8, 4) is 5.69 Å².